The number of rotatable bonds is 34. The summed E-state index contributed by atoms with van der Waals surface area (Å²) in [6.07, 6.45) is 25.0. The summed E-state index contributed by atoms with van der Waals surface area (Å²) >= 11 is 0. The Hall–Kier alpha value is -1.56. The third kappa shape index (κ3) is 25.2. The van der Waals surface area contributed by atoms with E-state index in [-0.39, 0.29) is 32.0 Å². The van der Waals surface area contributed by atoms with Crippen molar-refractivity contribution in [1.29, 1.82) is 0 Å². The fourth-order valence-electron chi connectivity index (χ4n) is 6.30. The van der Waals surface area contributed by atoms with Gasteiger partial charge in [-0.3, -0.25) is 9.59 Å². The number of aliphatic hydroxyl groups is 4. The fourth-order valence-corrected chi connectivity index (χ4v) is 6.30. The van der Waals surface area contributed by atoms with E-state index in [1.807, 2.05) is 0 Å². The Morgan fingerprint density at radius 1 is 0.588 bits per heavy atom. The minimum Gasteiger partial charge on any atom is -0.462 e. The van der Waals surface area contributed by atoms with E-state index in [4.69, 9.17) is 18.9 Å². The minimum atomic E-state index is -1.59. The van der Waals surface area contributed by atoms with E-state index in [9.17, 15) is 30.0 Å². The van der Waals surface area contributed by atoms with E-state index in [0.717, 1.165) is 51.4 Å². The molecule has 0 aromatic heterocycles. The highest BCUT2D eigenvalue weighted by atomic mass is 16.7. The Balaban J connectivity index is 2.37. The number of allylic oxidation sites excluding steroid dienone is 2. The predicted molar refractivity (Wildman–Crippen MR) is 201 cm³/mol. The molecule has 0 amide bonds. The second kappa shape index (κ2) is 33.0. The summed E-state index contributed by atoms with van der Waals surface area (Å²) in [6.45, 7) is 3.40. The first-order valence-corrected chi connectivity index (χ1v) is 20.8. The van der Waals surface area contributed by atoms with Crippen molar-refractivity contribution in [3.63, 3.8) is 0 Å². The van der Waals surface area contributed by atoms with Crippen LogP contribution in [0.2, 0.25) is 0 Å². The molecule has 1 aliphatic heterocycles. The summed E-state index contributed by atoms with van der Waals surface area (Å²) in [5.41, 5.74) is 0. The molecule has 1 saturated heterocycles. The molecule has 1 aliphatic rings. The maximum atomic E-state index is 12.7. The van der Waals surface area contributed by atoms with Gasteiger partial charge in [-0.15, -0.1) is 0 Å². The van der Waals surface area contributed by atoms with Gasteiger partial charge in [0.05, 0.1) is 13.2 Å². The highest BCUT2D eigenvalue weighted by Crippen LogP contribution is 2.22. The van der Waals surface area contributed by atoms with E-state index < -0.39 is 49.4 Å². The molecule has 0 unspecified atom stereocenters. The lowest BCUT2D eigenvalue weighted by molar-refractivity contribution is -0.305. The Kier molecular flexibility index (Phi) is 30.7. The molecule has 0 aromatic rings. The SMILES string of the molecule is CCCCCCCC/C=C/CCCCCCCC(=O)O[C@H](COC(=O)CCCCCCCCCCCCC)CO[C@@H]1O[C@H](CO)[C@H](O)[C@H](O)[C@H]1O. The Bertz CT molecular complexity index is 850. The van der Waals surface area contributed by atoms with Crippen LogP contribution in [0.25, 0.3) is 0 Å². The van der Waals surface area contributed by atoms with Crippen molar-refractivity contribution >= 4 is 11.9 Å². The van der Waals surface area contributed by atoms with Gasteiger partial charge >= 0.3 is 11.9 Å². The molecule has 0 aromatic carbocycles. The van der Waals surface area contributed by atoms with Crippen LogP contribution in [0.1, 0.15) is 181 Å². The van der Waals surface area contributed by atoms with E-state index in [1.165, 1.54) is 96.3 Å². The fraction of sp³-hybridized carbons (Fsp3) is 0.902. The number of ether oxygens (including phenoxy) is 4. The second-order valence-electron chi connectivity index (χ2n) is 14.4. The van der Waals surface area contributed by atoms with Crippen LogP contribution < -0.4 is 0 Å². The zero-order valence-corrected chi connectivity index (χ0v) is 32.4. The first-order valence-electron chi connectivity index (χ1n) is 20.8. The van der Waals surface area contributed by atoms with Crippen molar-refractivity contribution in [3.05, 3.63) is 12.2 Å². The quantitative estimate of drug-likeness (QED) is 0.0291. The smallest absolute Gasteiger partial charge is 0.306 e. The van der Waals surface area contributed by atoms with E-state index in [2.05, 4.69) is 26.0 Å². The average molecular weight is 729 g/mol. The topological polar surface area (TPSA) is 152 Å². The van der Waals surface area contributed by atoms with Gasteiger partial charge in [-0.2, -0.15) is 0 Å². The summed E-state index contributed by atoms with van der Waals surface area (Å²) in [5, 5.41) is 39.9. The van der Waals surface area contributed by atoms with Crippen LogP contribution in [0.15, 0.2) is 12.2 Å². The van der Waals surface area contributed by atoms with Crippen molar-refractivity contribution in [2.45, 2.75) is 218 Å². The van der Waals surface area contributed by atoms with Crippen LogP contribution in [0.5, 0.6) is 0 Å². The van der Waals surface area contributed by atoms with Crippen molar-refractivity contribution in [2.24, 2.45) is 0 Å². The Morgan fingerprint density at radius 2 is 1.04 bits per heavy atom. The summed E-state index contributed by atoms with van der Waals surface area (Å²) in [6, 6.07) is 0. The van der Waals surface area contributed by atoms with Crippen molar-refractivity contribution in [1.82, 2.24) is 0 Å². The van der Waals surface area contributed by atoms with Gasteiger partial charge in [0.1, 0.15) is 31.0 Å². The Morgan fingerprint density at radius 3 is 1.53 bits per heavy atom. The first-order chi connectivity index (χ1) is 24.8. The highest BCUT2D eigenvalue weighted by Gasteiger charge is 2.44. The summed E-state index contributed by atoms with van der Waals surface area (Å²) in [7, 11) is 0. The van der Waals surface area contributed by atoms with Gasteiger partial charge in [0.25, 0.3) is 0 Å². The largest absolute Gasteiger partial charge is 0.462 e. The monoisotopic (exact) mass is 729 g/mol. The van der Waals surface area contributed by atoms with Crippen LogP contribution in [-0.2, 0) is 28.5 Å². The van der Waals surface area contributed by atoms with Crippen molar-refractivity contribution in [3.8, 4) is 0 Å². The van der Waals surface area contributed by atoms with E-state index in [1.54, 1.807) is 0 Å². The van der Waals surface area contributed by atoms with E-state index in [0.29, 0.717) is 6.42 Å². The van der Waals surface area contributed by atoms with Gasteiger partial charge in [-0.1, -0.05) is 142 Å². The number of hydrogen-bond acceptors (Lipinski definition) is 10. The maximum Gasteiger partial charge on any atom is 0.306 e. The lowest BCUT2D eigenvalue weighted by Crippen LogP contribution is -2.59. The number of carbonyl (C=O) groups is 2. The van der Waals surface area contributed by atoms with Gasteiger partial charge in [0, 0.05) is 12.8 Å². The van der Waals surface area contributed by atoms with Gasteiger partial charge in [-0.05, 0) is 38.5 Å². The molecule has 0 bridgehead atoms. The van der Waals surface area contributed by atoms with Crippen LogP contribution >= 0.6 is 0 Å². The second-order valence-corrected chi connectivity index (χ2v) is 14.4. The lowest BCUT2D eigenvalue weighted by atomic mass is 9.99. The molecular formula is C41H76O10. The molecule has 6 atom stereocenters. The molecule has 0 saturated carbocycles. The molecule has 1 fully saturated rings. The molecule has 10 heteroatoms. The van der Waals surface area contributed by atoms with Crippen LogP contribution in [-0.4, -0.2) is 89.0 Å². The lowest BCUT2D eigenvalue weighted by Gasteiger charge is -2.39. The van der Waals surface area contributed by atoms with Crippen molar-refractivity contribution < 1.29 is 49.0 Å². The third-order valence-electron chi connectivity index (χ3n) is 9.65. The number of unbranched alkanes of at least 4 members (excludes halogenated alkanes) is 21. The zero-order valence-electron chi connectivity index (χ0n) is 32.4. The molecule has 0 radical (unpaired) electrons. The minimum absolute atomic E-state index is 0.216. The number of carbonyl (C=O) groups excluding carboxylic acids is 2. The van der Waals surface area contributed by atoms with Gasteiger partial charge in [0.2, 0.25) is 0 Å². The standard InChI is InChI=1S/C41H76O10/c1-3-5-7-9-11-13-15-16-17-18-20-22-24-26-28-30-37(44)50-34(33-49-41-40(47)39(46)38(45)35(31-42)51-41)32-48-36(43)29-27-25-23-21-19-14-12-10-8-6-4-2/h16-17,34-35,38-42,45-47H,3-15,18-33H2,1-2H3/b17-16+/t34-,35-,38+,39+,40-,41-/m1/s1. The molecule has 0 spiro atoms. The van der Waals surface area contributed by atoms with Gasteiger partial charge < -0.3 is 39.4 Å². The normalized spacial score (nSPS) is 21.3. The zero-order chi connectivity index (χ0) is 37.4. The molecule has 51 heavy (non-hydrogen) atoms. The molecule has 300 valence electrons. The molecule has 4 N–H and O–H groups in total. The number of aliphatic hydroxyl groups excluding tert-OH is 4. The van der Waals surface area contributed by atoms with Crippen molar-refractivity contribution in [2.75, 3.05) is 19.8 Å². The summed E-state index contributed by atoms with van der Waals surface area (Å²) < 4.78 is 22.1. The van der Waals surface area contributed by atoms with Crippen LogP contribution in [0.4, 0.5) is 0 Å². The third-order valence-corrected chi connectivity index (χ3v) is 9.65. The summed E-state index contributed by atoms with van der Waals surface area (Å²) in [5.74, 6) is -0.812. The predicted octanol–water partition coefficient (Wildman–Crippen LogP) is 8.00. The van der Waals surface area contributed by atoms with Crippen LogP contribution in [0, 0.1) is 0 Å². The first kappa shape index (κ1) is 47.5. The molecule has 0 aliphatic carbocycles. The van der Waals surface area contributed by atoms with Crippen LogP contribution in [0.3, 0.4) is 0 Å². The number of hydrogen-bond donors (Lipinski definition) is 4. The number of esters is 2. The highest BCUT2D eigenvalue weighted by molar-refractivity contribution is 5.70. The Labute approximate surface area is 310 Å². The van der Waals surface area contributed by atoms with Gasteiger partial charge in [-0.25, -0.2) is 0 Å². The average Bonchev–Trinajstić information content (AvgIpc) is 3.13. The summed E-state index contributed by atoms with van der Waals surface area (Å²) in [4.78, 5) is 25.2. The molecule has 10 nitrogen and oxygen atoms in total. The molecular weight excluding hydrogens is 652 g/mol. The van der Waals surface area contributed by atoms with Gasteiger partial charge in [0.15, 0.2) is 12.4 Å². The molecule has 1 rings (SSSR count). The maximum absolute atomic E-state index is 12.7. The molecule has 1 heterocycles. The van der Waals surface area contributed by atoms with E-state index >= 15 is 0 Å².